The third kappa shape index (κ3) is 3.75. The Morgan fingerprint density at radius 3 is 2.50 bits per heavy atom. The van der Waals surface area contributed by atoms with Gasteiger partial charge in [-0.25, -0.2) is 8.78 Å². The number of hydrogen-bond donors (Lipinski definition) is 0. The van der Waals surface area contributed by atoms with Gasteiger partial charge < -0.3 is 9.47 Å². The molecule has 0 saturated carbocycles. The number of hydrogen-bond acceptors (Lipinski definition) is 5. The number of ether oxygens (including phenoxy) is 2. The molecule has 0 unspecified atom stereocenters. The fraction of sp³-hybridized carbons (Fsp3) is 0.0455. The topological polar surface area (TPSA) is 78.7 Å². The molecule has 1 heterocycles. The van der Waals surface area contributed by atoms with E-state index in [0.29, 0.717) is 5.56 Å². The van der Waals surface area contributed by atoms with Gasteiger partial charge in [-0.2, -0.15) is 0 Å². The summed E-state index contributed by atoms with van der Waals surface area (Å²) in [4.78, 5) is 22.9. The second kappa shape index (κ2) is 7.75. The monoisotopic (exact) mass is 409 g/mol. The highest BCUT2D eigenvalue weighted by Gasteiger charge is 2.28. The maximum Gasteiger partial charge on any atom is 0.270 e. The Kier molecular flexibility index (Phi) is 4.97. The first-order chi connectivity index (χ1) is 14.4. The fourth-order valence-corrected chi connectivity index (χ4v) is 2.96. The zero-order valence-corrected chi connectivity index (χ0v) is 15.3. The highest BCUT2D eigenvalue weighted by atomic mass is 19.1. The smallest absolute Gasteiger partial charge is 0.270 e. The molecule has 6 nitrogen and oxygen atoms in total. The van der Waals surface area contributed by atoms with Crippen LogP contribution in [-0.2, 0) is 6.61 Å². The Morgan fingerprint density at radius 1 is 1.03 bits per heavy atom. The average Bonchev–Trinajstić information content (AvgIpc) is 3.02. The van der Waals surface area contributed by atoms with E-state index in [1.807, 2.05) is 0 Å². The average molecular weight is 409 g/mol. The number of nitro benzene ring substituents is 1. The first kappa shape index (κ1) is 19.3. The van der Waals surface area contributed by atoms with E-state index in [9.17, 15) is 23.7 Å². The first-order valence-electron chi connectivity index (χ1n) is 8.81. The molecule has 0 saturated heterocycles. The van der Waals surface area contributed by atoms with Crippen LogP contribution in [0.5, 0.6) is 11.5 Å². The van der Waals surface area contributed by atoms with Crippen LogP contribution in [0.4, 0.5) is 14.5 Å². The molecule has 3 aromatic rings. The molecule has 150 valence electrons. The molecule has 0 N–H and O–H groups in total. The zero-order valence-electron chi connectivity index (χ0n) is 15.3. The van der Waals surface area contributed by atoms with Crippen molar-refractivity contribution in [3.05, 3.63) is 105 Å². The van der Waals surface area contributed by atoms with Crippen molar-refractivity contribution in [2.45, 2.75) is 6.61 Å². The van der Waals surface area contributed by atoms with Crippen molar-refractivity contribution >= 4 is 17.5 Å². The molecule has 0 radical (unpaired) electrons. The molecule has 0 atom stereocenters. The summed E-state index contributed by atoms with van der Waals surface area (Å²) in [6.45, 7) is -0.332. The van der Waals surface area contributed by atoms with Crippen LogP contribution >= 0.6 is 0 Å². The standard InChI is InChI=1S/C22H13F2NO5/c23-18-5-2-6-19(24)17(18)12-29-15-7-8-16-20(11-15)30-21(22(16)26)10-13-3-1-4-14(9-13)25(27)28/h1-11H,12H2/b21-10-. The van der Waals surface area contributed by atoms with Crippen LogP contribution in [0.15, 0.2) is 66.4 Å². The van der Waals surface area contributed by atoms with Crippen LogP contribution in [0.2, 0.25) is 0 Å². The fourth-order valence-electron chi connectivity index (χ4n) is 2.96. The number of halogens is 2. The van der Waals surface area contributed by atoms with E-state index in [-0.39, 0.29) is 46.5 Å². The summed E-state index contributed by atoms with van der Waals surface area (Å²) in [7, 11) is 0. The maximum absolute atomic E-state index is 13.7. The van der Waals surface area contributed by atoms with Gasteiger partial charge in [0.2, 0.25) is 5.78 Å². The lowest BCUT2D eigenvalue weighted by atomic mass is 10.1. The van der Waals surface area contributed by atoms with Gasteiger partial charge in [-0.15, -0.1) is 0 Å². The van der Waals surface area contributed by atoms with Gasteiger partial charge in [-0.05, 0) is 35.9 Å². The summed E-state index contributed by atoms with van der Waals surface area (Å²) in [6, 6.07) is 13.7. The number of nitrogens with zero attached hydrogens (tertiary/aromatic N) is 1. The van der Waals surface area contributed by atoms with Crippen LogP contribution in [-0.4, -0.2) is 10.7 Å². The second-order valence-electron chi connectivity index (χ2n) is 6.44. The van der Waals surface area contributed by atoms with Crippen LogP contribution in [0.1, 0.15) is 21.5 Å². The molecule has 1 aliphatic rings. The molecule has 1 aliphatic heterocycles. The first-order valence-corrected chi connectivity index (χ1v) is 8.81. The van der Waals surface area contributed by atoms with Gasteiger partial charge in [0.05, 0.1) is 16.1 Å². The summed E-state index contributed by atoms with van der Waals surface area (Å²) < 4.78 is 38.5. The molecule has 0 aliphatic carbocycles. The SMILES string of the molecule is O=C1/C(=C/c2cccc([N+](=O)[O-])c2)Oc2cc(OCc3c(F)cccc3F)ccc21. The molecule has 30 heavy (non-hydrogen) atoms. The number of non-ortho nitro benzene ring substituents is 1. The van der Waals surface area contributed by atoms with E-state index < -0.39 is 16.6 Å². The van der Waals surface area contributed by atoms with E-state index in [4.69, 9.17) is 9.47 Å². The van der Waals surface area contributed by atoms with Crippen molar-refractivity contribution in [2.24, 2.45) is 0 Å². The Bertz CT molecular complexity index is 1190. The molecule has 4 rings (SSSR count). The predicted molar refractivity (Wildman–Crippen MR) is 103 cm³/mol. The van der Waals surface area contributed by atoms with Crippen LogP contribution in [0.25, 0.3) is 6.08 Å². The second-order valence-corrected chi connectivity index (χ2v) is 6.44. The van der Waals surface area contributed by atoms with Gasteiger partial charge in [-0.1, -0.05) is 18.2 Å². The zero-order chi connectivity index (χ0) is 21.3. The van der Waals surface area contributed by atoms with E-state index in [0.717, 1.165) is 12.1 Å². The molecule has 3 aromatic carbocycles. The minimum Gasteiger partial charge on any atom is -0.489 e. The van der Waals surface area contributed by atoms with Gasteiger partial charge >= 0.3 is 0 Å². The summed E-state index contributed by atoms with van der Waals surface area (Å²) in [6.07, 6.45) is 1.41. The Hall–Kier alpha value is -4.07. The normalized spacial score (nSPS) is 13.8. The molecular weight excluding hydrogens is 396 g/mol. The lowest BCUT2D eigenvalue weighted by molar-refractivity contribution is -0.384. The number of carbonyl (C=O) groups excluding carboxylic acids is 1. The molecule has 0 amide bonds. The molecule has 0 bridgehead atoms. The van der Waals surface area contributed by atoms with E-state index in [2.05, 4.69) is 0 Å². The number of allylic oxidation sites excluding steroid dienone is 1. The predicted octanol–water partition coefficient (Wildman–Crippen LogP) is 5.07. The number of fused-ring (bicyclic) bond motifs is 1. The lowest BCUT2D eigenvalue weighted by Gasteiger charge is -2.09. The molecule has 0 spiro atoms. The van der Waals surface area contributed by atoms with Crippen molar-refractivity contribution in [1.82, 2.24) is 0 Å². The Morgan fingerprint density at radius 2 is 1.77 bits per heavy atom. The number of carbonyl (C=O) groups is 1. The Labute approximate surface area is 169 Å². The van der Waals surface area contributed by atoms with Crippen molar-refractivity contribution in [3.63, 3.8) is 0 Å². The largest absolute Gasteiger partial charge is 0.489 e. The third-order valence-electron chi connectivity index (χ3n) is 4.47. The quantitative estimate of drug-likeness (QED) is 0.334. The van der Waals surface area contributed by atoms with Crippen molar-refractivity contribution < 1.29 is 28.0 Å². The summed E-state index contributed by atoms with van der Waals surface area (Å²) in [5, 5.41) is 10.9. The number of benzene rings is 3. The van der Waals surface area contributed by atoms with E-state index in [1.54, 1.807) is 6.07 Å². The van der Waals surface area contributed by atoms with Crippen LogP contribution < -0.4 is 9.47 Å². The van der Waals surface area contributed by atoms with Crippen molar-refractivity contribution in [3.8, 4) is 11.5 Å². The molecular formula is C22H13F2NO5. The lowest BCUT2D eigenvalue weighted by Crippen LogP contribution is -2.01. The Balaban J connectivity index is 1.54. The number of Topliss-reactive ketones (excluding diaryl/α,β-unsaturated/α-hetero) is 1. The summed E-state index contributed by atoms with van der Waals surface area (Å²) in [5.74, 6) is -1.33. The highest BCUT2D eigenvalue weighted by molar-refractivity contribution is 6.14. The van der Waals surface area contributed by atoms with Crippen LogP contribution in [0, 0.1) is 21.7 Å². The summed E-state index contributed by atoms with van der Waals surface area (Å²) >= 11 is 0. The third-order valence-corrected chi connectivity index (χ3v) is 4.47. The van der Waals surface area contributed by atoms with Gasteiger partial charge in [0, 0.05) is 18.2 Å². The molecule has 0 fully saturated rings. The number of nitro groups is 1. The minimum atomic E-state index is -0.718. The molecule has 8 heteroatoms. The number of ketones is 1. The van der Waals surface area contributed by atoms with Crippen LogP contribution in [0.3, 0.4) is 0 Å². The van der Waals surface area contributed by atoms with Gasteiger partial charge in [0.25, 0.3) is 5.69 Å². The van der Waals surface area contributed by atoms with Crippen molar-refractivity contribution in [1.29, 1.82) is 0 Å². The summed E-state index contributed by atoms with van der Waals surface area (Å²) in [5.41, 5.74) is 0.410. The minimum absolute atomic E-state index is 0.00259. The maximum atomic E-state index is 13.7. The molecule has 0 aromatic heterocycles. The van der Waals surface area contributed by atoms with Crippen molar-refractivity contribution in [2.75, 3.05) is 0 Å². The van der Waals surface area contributed by atoms with Gasteiger partial charge in [0.15, 0.2) is 5.76 Å². The van der Waals surface area contributed by atoms with Gasteiger partial charge in [-0.3, -0.25) is 14.9 Å². The van der Waals surface area contributed by atoms with E-state index >= 15 is 0 Å². The highest BCUT2D eigenvalue weighted by Crippen LogP contribution is 2.35. The van der Waals surface area contributed by atoms with Gasteiger partial charge in [0.1, 0.15) is 29.7 Å². The number of rotatable bonds is 5. The van der Waals surface area contributed by atoms with E-state index in [1.165, 1.54) is 48.5 Å².